The molecule has 3 rings (SSSR count). The van der Waals surface area contributed by atoms with Crippen LogP contribution in [0.1, 0.15) is 12.5 Å². The van der Waals surface area contributed by atoms with E-state index < -0.39 is 40.0 Å². The van der Waals surface area contributed by atoms with Crippen molar-refractivity contribution in [3.05, 3.63) is 83.1 Å². The van der Waals surface area contributed by atoms with Gasteiger partial charge in [-0.25, -0.2) is 12.8 Å². The second-order valence-electron chi connectivity index (χ2n) is 7.13. The van der Waals surface area contributed by atoms with Crippen molar-refractivity contribution in [2.75, 3.05) is 22.8 Å². The molecule has 0 saturated heterocycles. The van der Waals surface area contributed by atoms with Gasteiger partial charge in [-0.3, -0.25) is 9.10 Å². The van der Waals surface area contributed by atoms with Gasteiger partial charge < -0.3 is 10.1 Å². The van der Waals surface area contributed by atoms with E-state index in [4.69, 9.17) is 16.3 Å². The third-order valence-electron chi connectivity index (χ3n) is 4.69. The Bertz CT molecular complexity index is 1300. The van der Waals surface area contributed by atoms with Crippen molar-refractivity contribution in [3.63, 3.8) is 0 Å². The van der Waals surface area contributed by atoms with Crippen LogP contribution in [0.2, 0.25) is 5.02 Å². The zero-order chi connectivity index (χ0) is 25.8. The minimum Gasteiger partial charge on any atom is -0.494 e. The molecule has 35 heavy (non-hydrogen) atoms. The van der Waals surface area contributed by atoms with Crippen LogP contribution < -0.4 is 14.4 Å². The van der Waals surface area contributed by atoms with Crippen molar-refractivity contribution in [1.29, 1.82) is 0 Å². The first-order valence-corrected chi connectivity index (χ1v) is 11.9. The molecule has 0 aromatic heterocycles. The Balaban J connectivity index is 1.94. The first-order valence-electron chi connectivity index (χ1n) is 10.1. The predicted molar refractivity (Wildman–Crippen MR) is 124 cm³/mol. The average molecular weight is 531 g/mol. The second-order valence-corrected chi connectivity index (χ2v) is 9.40. The number of anilines is 2. The number of carbonyl (C=O) groups is 1. The van der Waals surface area contributed by atoms with E-state index in [0.29, 0.717) is 22.7 Å². The largest absolute Gasteiger partial charge is 0.494 e. The number of rotatable bonds is 8. The maximum absolute atomic E-state index is 13.4. The molecule has 0 aliphatic carbocycles. The van der Waals surface area contributed by atoms with Crippen LogP contribution in [0.3, 0.4) is 0 Å². The molecule has 0 spiro atoms. The molecule has 0 bridgehead atoms. The summed E-state index contributed by atoms with van der Waals surface area (Å²) in [6.45, 7) is 1.30. The minimum absolute atomic E-state index is 0.0365. The molecule has 1 N–H and O–H groups in total. The highest BCUT2D eigenvalue weighted by atomic mass is 35.5. The Morgan fingerprint density at radius 2 is 1.66 bits per heavy atom. The lowest BCUT2D eigenvalue weighted by Crippen LogP contribution is -2.38. The lowest BCUT2D eigenvalue weighted by Gasteiger charge is -2.24. The molecule has 0 unspecified atom stereocenters. The van der Waals surface area contributed by atoms with Crippen LogP contribution in [0.4, 0.5) is 28.9 Å². The van der Waals surface area contributed by atoms with Gasteiger partial charge in [-0.2, -0.15) is 13.2 Å². The average Bonchev–Trinajstić information content (AvgIpc) is 2.79. The van der Waals surface area contributed by atoms with E-state index in [1.54, 1.807) is 6.92 Å². The normalized spacial score (nSPS) is 11.7. The lowest BCUT2D eigenvalue weighted by molar-refractivity contribution is -0.137. The van der Waals surface area contributed by atoms with E-state index in [-0.39, 0.29) is 21.3 Å². The Morgan fingerprint density at radius 1 is 1.03 bits per heavy atom. The van der Waals surface area contributed by atoms with Crippen LogP contribution in [0.5, 0.6) is 5.75 Å². The summed E-state index contributed by atoms with van der Waals surface area (Å²) in [6.07, 6.45) is -4.68. The molecule has 0 aliphatic heterocycles. The summed E-state index contributed by atoms with van der Waals surface area (Å²) in [5.41, 5.74) is -1.43. The van der Waals surface area contributed by atoms with Crippen molar-refractivity contribution < 1.29 is 35.5 Å². The van der Waals surface area contributed by atoms with E-state index in [1.165, 1.54) is 24.3 Å². The van der Waals surface area contributed by atoms with Crippen LogP contribution in [0, 0.1) is 5.82 Å². The van der Waals surface area contributed by atoms with Crippen LogP contribution in [0.15, 0.2) is 71.6 Å². The molecule has 6 nitrogen and oxygen atoms in total. The number of alkyl halides is 3. The van der Waals surface area contributed by atoms with Crippen LogP contribution in [0.25, 0.3) is 0 Å². The Hall–Kier alpha value is -3.31. The fourth-order valence-electron chi connectivity index (χ4n) is 3.04. The first-order chi connectivity index (χ1) is 16.4. The van der Waals surface area contributed by atoms with E-state index in [1.807, 2.05) is 0 Å². The molecule has 0 heterocycles. The molecule has 0 aliphatic rings. The monoisotopic (exact) mass is 530 g/mol. The summed E-state index contributed by atoms with van der Waals surface area (Å²) in [5, 5.41) is 2.04. The zero-order valence-electron chi connectivity index (χ0n) is 18.1. The van der Waals surface area contributed by atoms with Crippen molar-refractivity contribution >= 4 is 38.9 Å². The van der Waals surface area contributed by atoms with E-state index >= 15 is 0 Å². The van der Waals surface area contributed by atoms with Crippen molar-refractivity contribution in [2.45, 2.75) is 18.0 Å². The Kier molecular flexibility index (Phi) is 7.91. The minimum atomic E-state index is -4.68. The number of hydrogen-bond acceptors (Lipinski definition) is 4. The van der Waals surface area contributed by atoms with Gasteiger partial charge >= 0.3 is 6.18 Å². The molecule has 3 aromatic carbocycles. The molecular weight excluding hydrogens is 512 g/mol. The van der Waals surface area contributed by atoms with Gasteiger partial charge in [-0.1, -0.05) is 11.6 Å². The number of sulfonamides is 1. The molecular formula is C23H19ClF4N2O4S. The fourth-order valence-corrected chi connectivity index (χ4v) is 4.63. The summed E-state index contributed by atoms with van der Waals surface area (Å²) in [4.78, 5) is 12.6. The summed E-state index contributed by atoms with van der Waals surface area (Å²) in [6, 6.07) is 12.1. The van der Waals surface area contributed by atoms with Crippen LogP contribution in [-0.4, -0.2) is 27.5 Å². The quantitative estimate of drug-likeness (QED) is 0.377. The van der Waals surface area contributed by atoms with Crippen LogP contribution >= 0.6 is 11.6 Å². The highest BCUT2D eigenvalue weighted by Crippen LogP contribution is 2.34. The molecule has 0 atom stereocenters. The third kappa shape index (κ3) is 6.43. The van der Waals surface area contributed by atoms with E-state index in [9.17, 15) is 30.8 Å². The van der Waals surface area contributed by atoms with Crippen molar-refractivity contribution in [1.82, 2.24) is 0 Å². The highest BCUT2D eigenvalue weighted by Gasteiger charge is 2.32. The number of halogens is 5. The van der Waals surface area contributed by atoms with E-state index in [2.05, 4.69) is 5.32 Å². The van der Waals surface area contributed by atoms with Crippen molar-refractivity contribution in [3.8, 4) is 5.75 Å². The van der Waals surface area contributed by atoms with E-state index in [0.717, 1.165) is 36.4 Å². The summed E-state index contributed by atoms with van der Waals surface area (Å²) < 4.78 is 85.3. The van der Waals surface area contributed by atoms with Gasteiger partial charge in [0.1, 0.15) is 18.1 Å². The Morgan fingerprint density at radius 3 is 2.23 bits per heavy atom. The fraction of sp³-hybridized carbons (Fsp3) is 0.174. The zero-order valence-corrected chi connectivity index (χ0v) is 19.7. The molecule has 0 fully saturated rings. The summed E-state index contributed by atoms with van der Waals surface area (Å²) in [7, 11) is -4.35. The van der Waals surface area contributed by atoms with Crippen LogP contribution in [-0.2, 0) is 21.0 Å². The molecule has 186 valence electrons. The van der Waals surface area contributed by atoms with Gasteiger partial charge in [-0.05, 0) is 73.7 Å². The molecule has 3 aromatic rings. The van der Waals surface area contributed by atoms with Gasteiger partial charge in [0.25, 0.3) is 10.0 Å². The maximum atomic E-state index is 13.4. The second kappa shape index (κ2) is 10.5. The third-order valence-corrected chi connectivity index (χ3v) is 6.81. The van der Waals surface area contributed by atoms with Gasteiger partial charge in [-0.15, -0.1) is 0 Å². The standard InChI is InChI=1S/C23H19ClF4N2O4S/c1-2-34-18-8-10-19(11-9-18)35(32,33)30(17-6-4-16(25)5-7-17)14-22(31)29-21-13-15(23(26,27)28)3-12-20(21)24/h3-13H,2,14H2,1H3,(H,29,31). The van der Waals surface area contributed by atoms with Gasteiger partial charge in [0, 0.05) is 0 Å². The number of ether oxygens (including phenoxy) is 1. The van der Waals surface area contributed by atoms with Gasteiger partial charge in [0.2, 0.25) is 5.91 Å². The molecule has 12 heteroatoms. The summed E-state index contributed by atoms with van der Waals surface area (Å²) >= 11 is 5.92. The number of hydrogen-bond donors (Lipinski definition) is 1. The highest BCUT2D eigenvalue weighted by molar-refractivity contribution is 7.92. The van der Waals surface area contributed by atoms with Gasteiger partial charge in [0.15, 0.2) is 0 Å². The number of nitrogens with zero attached hydrogens (tertiary/aromatic N) is 1. The van der Waals surface area contributed by atoms with Gasteiger partial charge in [0.05, 0.1) is 33.5 Å². The molecule has 1 amide bonds. The predicted octanol–water partition coefficient (Wildman–Crippen LogP) is 5.73. The first kappa shape index (κ1) is 26.3. The number of nitrogens with one attached hydrogen (secondary N) is 1. The summed E-state index contributed by atoms with van der Waals surface area (Å²) in [5.74, 6) is -1.17. The Labute approximate surface area is 204 Å². The lowest BCUT2D eigenvalue weighted by atomic mass is 10.2. The number of benzene rings is 3. The maximum Gasteiger partial charge on any atom is 0.416 e. The smallest absolute Gasteiger partial charge is 0.416 e. The molecule has 0 saturated carbocycles. The number of amides is 1. The topological polar surface area (TPSA) is 75.7 Å². The SMILES string of the molecule is CCOc1ccc(S(=O)(=O)N(CC(=O)Nc2cc(C(F)(F)F)ccc2Cl)c2ccc(F)cc2)cc1. The molecule has 0 radical (unpaired) electrons. The number of carbonyl (C=O) groups excluding carboxylic acids is 1. The van der Waals surface area contributed by atoms with Crippen molar-refractivity contribution in [2.24, 2.45) is 0 Å².